The zero-order chi connectivity index (χ0) is 24.5. The zero-order valence-electron chi connectivity index (χ0n) is 20.1. The van der Waals surface area contributed by atoms with Gasteiger partial charge >= 0.3 is 0 Å². The van der Waals surface area contributed by atoms with Crippen molar-refractivity contribution in [3.8, 4) is 33.4 Å². The maximum absolute atomic E-state index is 4.24. The minimum absolute atomic E-state index is 1.11. The lowest BCUT2D eigenvalue weighted by molar-refractivity contribution is 1.57. The van der Waals surface area contributed by atoms with Crippen LogP contribution in [0.4, 0.5) is 0 Å². The molecule has 36 heavy (non-hydrogen) atoms. The van der Waals surface area contributed by atoms with Crippen LogP contribution >= 0.6 is 0 Å². The smallest absolute Gasteiger partial charge is 0.00264 e. The molecule has 170 valence electrons. The molecule has 0 unspecified atom stereocenters. The molecule has 0 nitrogen and oxygen atoms in total. The topological polar surface area (TPSA) is 0 Å². The molecule has 0 N–H and O–H groups in total. The largest absolute Gasteiger partial charge is 0.0984 e. The predicted molar refractivity (Wildman–Crippen MR) is 158 cm³/mol. The Labute approximate surface area is 212 Å². The Morgan fingerprint density at radius 1 is 0.389 bits per heavy atom. The van der Waals surface area contributed by atoms with Crippen molar-refractivity contribution in [1.29, 1.82) is 0 Å². The van der Waals surface area contributed by atoms with Crippen LogP contribution in [0.3, 0.4) is 0 Å². The van der Waals surface area contributed by atoms with Crippen LogP contribution in [-0.2, 0) is 0 Å². The summed E-state index contributed by atoms with van der Waals surface area (Å²) in [6.07, 6.45) is 3.96. The molecule has 0 heteroatoms. The molecule has 0 amide bonds. The molecule has 0 aromatic heterocycles. The number of fused-ring (bicyclic) bond motifs is 2. The monoisotopic (exact) mass is 458 g/mol. The van der Waals surface area contributed by atoms with E-state index in [0.717, 1.165) is 11.1 Å². The Balaban J connectivity index is 1.62. The maximum Gasteiger partial charge on any atom is -0.00264 e. The first kappa shape index (κ1) is 21.8. The van der Waals surface area contributed by atoms with Crippen molar-refractivity contribution in [1.82, 2.24) is 0 Å². The highest BCUT2D eigenvalue weighted by Gasteiger charge is 2.18. The van der Waals surface area contributed by atoms with Crippen molar-refractivity contribution in [2.45, 2.75) is 0 Å². The van der Waals surface area contributed by atoms with Crippen LogP contribution in [0, 0.1) is 0 Å². The predicted octanol–water partition coefficient (Wildman–Crippen LogP) is 10.3. The van der Waals surface area contributed by atoms with Crippen molar-refractivity contribution >= 4 is 33.7 Å². The lowest BCUT2D eigenvalue weighted by Gasteiger charge is -2.20. The van der Waals surface area contributed by atoms with Gasteiger partial charge in [-0.2, -0.15) is 0 Å². The van der Waals surface area contributed by atoms with Gasteiger partial charge in [0.1, 0.15) is 0 Å². The molecule has 0 radical (unpaired) electrons. The summed E-state index contributed by atoms with van der Waals surface area (Å²) in [5.41, 5.74) is 9.41. The van der Waals surface area contributed by atoms with E-state index in [-0.39, 0.29) is 0 Å². The maximum atomic E-state index is 4.24. The summed E-state index contributed by atoms with van der Waals surface area (Å²) >= 11 is 0. The minimum Gasteiger partial charge on any atom is -0.0984 e. The first-order chi connectivity index (χ1) is 17.8. The molecule has 0 saturated heterocycles. The van der Waals surface area contributed by atoms with Gasteiger partial charge in [0.25, 0.3) is 0 Å². The van der Waals surface area contributed by atoms with E-state index < -0.39 is 0 Å². The Morgan fingerprint density at radius 2 is 0.861 bits per heavy atom. The SMILES string of the molecule is C=Cc1c(C=C)c(-c2ccc3ccccc3c2)c2ccccc2c1-c1ccc(-c2ccccc2)cc1. The summed E-state index contributed by atoms with van der Waals surface area (Å²) in [6, 6.07) is 43.3. The van der Waals surface area contributed by atoms with Crippen LogP contribution in [0.25, 0.3) is 67.1 Å². The molecule has 0 atom stereocenters. The number of benzene rings is 6. The van der Waals surface area contributed by atoms with Crippen LogP contribution < -0.4 is 0 Å². The summed E-state index contributed by atoms with van der Waals surface area (Å²) in [5.74, 6) is 0. The van der Waals surface area contributed by atoms with E-state index in [1.807, 2.05) is 18.2 Å². The number of rotatable bonds is 5. The summed E-state index contributed by atoms with van der Waals surface area (Å²) in [7, 11) is 0. The van der Waals surface area contributed by atoms with E-state index in [2.05, 4.69) is 128 Å². The average molecular weight is 459 g/mol. The number of hydrogen-bond acceptors (Lipinski definition) is 0. The first-order valence-corrected chi connectivity index (χ1v) is 12.3. The van der Waals surface area contributed by atoms with Crippen molar-refractivity contribution in [2.24, 2.45) is 0 Å². The van der Waals surface area contributed by atoms with E-state index in [0.29, 0.717) is 0 Å². The highest BCUT2D eigenvalue weighted by Crippen LogP contribution is 2.43. The quantitative estimate of drug-likeness (QED) is 0.241. The highest BCUT2D eigenvalue weighted by atomic mass is 14.2. The molecule has 6 aromatic carbocycles. The van der Waals surface area contributed by atoms with Crippen molar-refractivity contribution in [3.63, 3.8) is 0 Å². The summed E-state index contributed by atoms with van der Waals surface area (Å²) < 4.78 is 0. The van der Waals surface area contributed by atoms with Gasteiger partial charge in [0.05, 0.1) is 0 Å². The van der Waals surface area contributed by atoms with Gasteiger partial charge in [0.2, 0.25) is 0 Å². The molecule has 0 spiro atoms. The van der Waals surface area contributed by atoms with Gasteiger partial charge in [-0.1, -0.05) is 141 Å². The fourth-order valence-corrected chi connectivity index (χ4v) is 5.33. The third kappa shape index (κ3) is 3.65. The zero-order valence-corrected chi connectivity index (χ0v) is 20.1. The van der Waals surface area contributed by atoms with Crippen LogP contribution in [-0.4, -0.2) is 0 Å². The van der Waals surface area contributed by atoms with Crippen LogP contribution in [0.1, 0.15) is 11.1 Å². The lowest BCUT2D eigenvalue weighted by atomic mass is 9.83. The average Bonchev–Trinajstić information content (AvgIpc) is 2.96. The molecule has 0 heterocycles. The molecule has 0 bridgehead atoms. The minimum atomic E-state index is 1.11. The molecule has 0 aliphatic rings. The Hall–Kier alpha value is -4.68. The van der Waals surface area contributed by atoms with Gasteiger partial charge in [0.15, 0.2) is 0 Å². The van der Waals surface area contributed by atoms with E-state index >= 15 is 0 Å². The Kier molecular flexibility index (Phi) is 5.56. The van der Waals surface area contributed by atoms with Gasteiger partial charge in [0, 0.05) is 0 Å². The molecule has 0 aliphatic carbocycles. The Morgan fingerprint density at radius 3 is 1.50 bits per heavy atom. The van der Waals surface area contributed by atoms with E-state index in [9.17, 15) is 0 Å². The van der Waals surface area contributed by atoms with Gasteiger partial charge in [-0.15, -0.1) is 0 Å². The van der Waals surface area contributed by atoms with E-state index in [1.165, 1.54) is 54.9 Å². The van der Waals surface area contributed by atoms with Crippen molar-refractivity contribution in [2.75, 3.05) is 0 Å². The standard InChI is InChI=1S/C36H26/c1-3-31-32(4-2)36(30-23-20-26-14-8-9-15-29(26)24-30)34-17-11-10-16-33(34)35(31)28-21-18-27(19-22-28)25-12-6-5-7-13-25/h3-24H,1-2H2. The van der Waals surface area contributed by atoms with Crippen molar-refractivity contribution in [3.05, 3.63) is 146 Å². The third-order valence-corrected chi connectivity index (χ3v) is 7.02. The van der Waals surface area contributed by atoms with Crippen molar-refractivity contribution < 1.29 is 0 Å². The molecule has 0 fully saturated rings. The van der Waals surface area contributed by atoms with E-state index in [1.54, 1.807) is 0 Å². The van der Waals surface area contributed by atoms with Crippen LogP contribution in [0.5, 0.6) is 0 Å². The molecule has 6 rings (SSSR count). The summed E-state index contributed by atoms with van der Waals surface area (Å²) in [6.45, 7) is 8.47. The summed E-state index contributed by atoms with van der Waals surface area (Å²) in [4.78, 5) is 0. The second kappa shape index (κ2) is 9.17. The first-order valence-electron chi connectivity index (χ1n) is 12.3. The summed E-state index contributed by atoms with van der Waals surface area (Å²) in [5, 5.41) is 4.91. The molecule has 0 saturated carbocycles. The molecule has 0 aliphatic heterocycles. The normalized spacial score (nSPS) is 11.0. The fourth-order valence-electron chi connectivity index (χ4n) is 5.33. The van der Waals surface area contributed by atoms with Gasteiger partial charge < -0.3 is 0 Å². The fraction of sp³-hybridized carbons (Fsp3) is 0. The lowest BCUT2D eigenvalue weighted by Crippen LogP contribution is -1.96. The molecule has 6 aromatic rings. The second-order valence-electron chi connectivity index (χ2n) is 9.04. The van der Waals surface area contributed by atoms with Gasteiger partial charge in [-0.25, -0.2) is 0 Å². The molecular weight excluding hydrogens is 432 g/mol. The van der Waals surface area contributed by atoms with Gasteiger partial charge in [-0.05, 0) is 72.1 Å². The number of hydrogen-bond donors (Lipinski definition) is 0. The van der Waals surface area contributed by atoms with Crippen LogP contribution in [0.2, 0.25) is 0 Å². The Bertz CT molecular complexity index is 1740. The van der Waals surface area contributed by atoms with Gasteiger partial charge in [-0.3, -0.25) is 0 Å². The molecular formula is C36H26. The highest BCUT2D eigenvalue weighted by molar-refractivity contribution is 6.12. The van der Waals surface area contributed by atoms with E-state index in [4.69, 9.17) is 0 Å². The second-order valence-corrected chi connectivity index (χ2v) is 9.04. The third-order valence-electron chi connectivity index (χ3n) is 7.02. The van der Waals surface area contributed by atoms with Crippen LogP contribution in [0.15, 0.2) is 134 Å².